The number of benzene rings is 2. The number of piperidine rings is 1. The number of rotatable bonds is 4. The number of aromatic nitrogens is 1. The Morgan fingerprint density at radius 2 is 1.85 bits per heavy atom. The van der Waals surface area contributed by atoms with Crippen molar-refractivity contribution in [3.05, 3.63) is 48.5 Å². The van der Waals surface area contributed by atoms with Gasteiger partial charge in [0.15, 0.2) is 5.58 Å². The third-order valence-electron chi connectivity index (χ3n) is 5.17. The number of para-hydroxylation sites is 4. The molecule has 1 saturated heterocycles. The molecule has 2 heterocycles. The van der Waals surface area contributed by atoms with Crippen LogP contribution in [0, 0.1) is 5.92 Å². The molecule has 0 saturated carbocycles. The molecule has 6 nitrogen and oxygen atoms in total. The first kappa shape index (κ1) is 17.4. The molecule has 1 aliphatic heterocycles. The number of carbonyl (C=O) groups is 1. The van der Waals surface area contributed by atoms with Crippen molar-refractivity contribution in [3.63, 3.8) is 0 Å². The summed E-state index contributed by atoms with van der Waals surface area (Å²) < 4.78 is 11.2. The standard InChI is InChI=1S/C21H23N3O3/c1-23(17-8-4-6-10-19(17)26-2)20(25)15-11-13-24(14-12-15)21-22-16-7-3-5-9-18(16)27-21/h3-10,15H,11-14H2,1-2H3. The summed E-state index contributed by atoms with van der Waals surface area (Å²) in [4.78, 5) is 21.3. The first-order valence-corrected chi connectivity index (χ1v) is 9.18. The highest BCUT2D eigenvalue weighted by atomic mass is 16.5. The molecule has 3 aromatic rings. The van der Waals surface area contributed by atoms with Crippen LogP contribution in [0.25, 0.3) is 11.1 Å². The maximum atomic E-state index is 13.0. The van der Waals surface area contributed by atoms with Crippen molar-refractivity contribution >= 4 is 28.7 Å². The summed E-state index contributed by atoms with van der Waals surface area (Å²) in [6.07, 6.45) is 1.55. The fourth-order valence-corrected chi connectivity index (χ4v) is 3.61. The molecule has 1 aliphatic rings. The fraction of sp³-hybridized carbons (Fsp3) is 0.333. The number of hydrogen-bond donors (Lipinski definition) is 0. The van der Waals surface area contributed by atoms with E-state index in [0.29, 0.717) is 11.8 Å². The molecule has 1 amide bonds. The number of fused-ring (bicyclic) bond motifs is 1. The second kappa shape index (κ2) is 7.31. The molecule has 1 aromatic heterocycles. The Hall–Kier alpha value is -3.02. The van der Waals surface area contributed by atoms with Crippen molar-refractivity contribution < 1.29 is 13.9 Å². The number of ether oxygens (including phenoxy) is 1. The predicted molar refractivity (Wildman–Crippen MR) is 105 cm³/mol. The third-order valence-corrected chi connectivity index (χ3v) is 5.17. The van der Waals surface area contributed by atoms with E-state index >= 15 is 0 Å². The van der Waals surface area contributed by atoms with Gasteiger partial charge in [-0.05, 0) is 37.1 Å². The lowest BCUT2D eigenvalue weighted by Gasteiger charge is -2.32. The van der Waals surface area contributed by atoms with E-state index in [1.54, 1.807) is 12.0 Å². The predicted octanol–water partition coefficient (Wildman–Crippen LogP) is 3.72. The Kier molecular flexibility index (Phi) is 4.71. The van der Waals surface area contributed by atoms with Crippen LogP contribution in [-0.2, 0) is 4.79 Å². The fourth-order valence-electron chi connectivity index (χ4n) is 3.61. The lowest BCUT2D eigenvalue weighted by atomic mass is 9.95. The van der Waals surface area contributed by atoms with Crippen LogP contribution in [0.3, 0.4) is 0 Å². The van der Waals surface area contributed by atoms with Crippen molar-refractivity contribution in [1.82, 2.24) is 4.98 Å². The van der Waals surface area contributed by atoms with Gasteiger partial charge in [-0.25, -0.2) is 0 Å². The van der Waals surface area contributed by atoms with E-state index < -0.39 is 0 Å². The van der Waals surface area contributed by atoms with Crippen LogP contribution in [0.1, 0.15) is 12.8 Å². The van der Waals surface area contributed by atoms with E-state index in [-0.39, 0.29) is 11.8 Å². The number of methoxy groups -OCH3 is 1. The summed E-state index contributed by atoms with van der Waals surface area (Å²) in [5.74, 6) is 0.814. The number of oxazole rings is 1. The van der Waals surface area contributed by atoms with Gasteiger partial charge >= 0.3 is 0 Å². The Labute approximate surface area is 158 Å². The topological polar surface area (TPSA) is 58.8 Å². The molecule has 0 unspecified atom stereocenters. The molecule has 0 spiro atoms. The molecule has 0 atom stereocenters. The van der Waals surface area contributed by atoms with E-state index in [2.05, 4.69) is 9.88 Å². The van der Waals surface area contributed by atoms with Crippen LogP contribution < -0.4 is 14.5 Å². The second-order valence-electron chi connectivity index (χ2n) is 6.79. The van der Waals surface area contributed by atoms with Crippen LogP contribution in [0.2, 0.25) is 0 Å². The molecule has 140 valence electrons. The van der Waals surface area contributed by atoms with Crippen molar-refractivity contribution in [3.8, 4) is 5.75 Å². The number of nitrogens with zero attached hydrogens (tertiary/aromatic N) is 3. The average Bonchev–Trinajstić information content (AvgIpc) is 3.17. The van der Waals surface area contributed by atoms with Crippen molar-refractivity contribution in [2.45, 2.75) is 12.8 Å². The molecular formula is C21H23N3O3. The van der Waals surface area contributed by atoms with Crippen LogP contribution >= 0.6 is 0 Å². The molecule has 2 aromatic carbocycles. The Morgan fingerprint density at radius 1 is 1.15 bits per heavy atom. The maximum absolute atomic E-state index is 13.0. The molecular weight excluding hydrogens is 342 g/mol. The molecule has 0 radical (unpaired) electrons. The van der Waals surface area contributed by atoms with E-state index in [0.717, 1.165) is 42.7 Å². The monoisotopic (exact) mass is 365 g/mol. The summed E-state index contributed by atoms with van der Waals surface area (Å²) in [5.41, 5.74) is 2.45. The molecule has 27 heavy (non-hydrogen) atoms. The summed E-state index contributed by atoms with van der Waals surface area (Å²) in [6, 6.07) is 16.0. The Bertz CT molecular complexity index is 912. The van der Waals surface area contributed by atoms with E-state index in [4.69, 9.17) is 9.15 Å². The lowest BCUT2D eigenvalue weighted by molar-refractivity contribution is -0.122. The van der Waals surface area contributed by atoms with Gasteiger partial charge in [-0.2, -0.15) is 4.98 Å². The van der Waals surface area contributed by atoms with Crippen molar-refractivity contribution in [1.29, 1.82) is 0 Å². The van der Waals surface area contributed by atoms with Crippen LogP contribution in [0.5, 0.6) is 5.75 Å². The van der Waals surface area contributed by atoms with E-state index in [1.807, 2.05) is 55.6 Å². The van der Waals surface area contributed by atoms with Gasteiger partial charge in [0, 0.05) is 26.1 Å². The van der Waals surface area contributed by atoms with E-state index in [9.17, 15) is 4.79 Å². The third kappa shape index (κ3) is 3.35. The van der Waals surface area contributed by atoms with Crippen molar-refractivity contribution in [2.24, 2.45) is 5.92 Å². The summed E-state index contributed by atoms with van der Waals surface area (Å²) in [6.45, 7) is 1.51. The number of carbonyl (C=O) groups excluding carboxylic acids is 1. The van der Waals surface area contributed by atoms with Gasteiger partial charge in [0.05, 0.1) is 12.8 Å². The second-order valence-corrected chi connectivity index (χ2v) is 6.79. The average molecular weight is 365 g/mol. The van der Waals surface area contributed by atoms with Crippen LogP contribution in [0.4, 0.5) is 11.7 Å². The largest absolute Gasteiger partial charge is 0.495 e. The minimum absolute atomic E-state index is 0.0134. The smallest absolute Gasteiger partial charge is 0.298 e. The van der Waals surface area contributed by atoms with Gasteiger partial charge in [0.1, 0.15) is 11.3 Å². The summed E-state index contributed by atoms with van der Waals surface area (Å²) in [7, 11) is 3.43. The zero-order valence-electron chi connectivity index (χ0n) is 15.6. The molecule has 0 bridgehead atoms. The highest BCUT2D eigenvalue weighted by molar-refractivity contribution is 5.96. The minimum Gasteiger partial charge on any atom is -0.495 e. The SMILES string of the molecule is COc1ccccc1N(C)C(=O)C1CCN(c2nc3ccccc3o2)CC1. The lowest BCUT2D eigenvalue weighted by Crippen LogP contribution is -2.41. The van der Waals surface area contributed by atoms with Gasteiger partial charge in [0.25, 0.3) is 6.01 Å². The highest BCUT2D eigenvalue weighted by Crippen LogP contribution is 2.31. The number of hydrogen-bond acceptors (Lipinski definition) is 5. The number of amides is 1. The molecule has 0 aliphatic carbocycles. The highest BCUT2D eigenvalue weighted by Gasteiger charge is 2.30. The molecule has 4 rings (SSSR count). The summed E-state index contributed by atoms with van der Waals surface area (Å²) >= 11 is 0. The van der Waals surface area contributed by atoms with Gasteiger partial charge in [-0.1, -0.05) is 24.3 Å². The molecule has 1 fully saturated rings. The van der Waals surface area contributed by atoms with Crippen LogP contribution in [0.15, 0.2) is 52.9 Å². The molecule has 0 N–H and O–H groups in total. The zero-order valence-corrected chi connectivity index (χ0v) is 15.6. The number of anilines is 2. The van der Waals surface area contributed by atoms with E-state index in [1.165, 1.54) is 0 Å². The zero-order chi connectivity index (χ0) is 18.8. The Balaban J connectivity index is 1.43. The van der Waals surface area contributed by atoms with Gasteiger partial charge < -0.3 is 19.0 Å². The van der Waals surface area contributed by atoms with Crippen LogP contribution in [-0.4, -0.2) is 38.1 Å². The quantitative estimate of drug-likeness (QED) is 0.705. The van der Waals surface area contributed by atoms with Gasteiger partial charge in [-0.3, -0.25) is 4.79 Å². The van der Waals surface area contributed by atoms with Gasteiger partial charge in [0.2, 0.25) is 5.91 Å². The molecule has 6 heteroatoms. The Morgan fingerprint density at radius 3 is 2.59 bits per heavy atom. The normalized spacial score (nSPS) is 15.1. The van der Waals surface area contributed by atoms with Crippen molar-refractivity contribution in [2.75, 3.05) is 37.0 Å². The summed E-state index contributed by atoms with van der Waals surface area (Å²) in [5, 5.41) is 0. The first-order chi connectivity index (χ1) is 13.2. The van der Waals surface area contributed by atoms with Gasteiger partial charge in [-0.15, -0.1) is 0 Å². The first-order valence-electron chi connectivity index (χ1n) is 9.18. The minimum atomic E-state index is -0.0134. The maximum Gasteiger partial charge on any atom is 0.298 e.